The fraction of sp³-hybridized carbons (Fsp3) is 0.667. The Labute approximate surface area is 202 Å². The molecule has 4 heteroatoms. The van der Waals surface area contributed by atoms with Crippen LogP contribution in [0, 0.1) is 35.3 Å². The van der Waals surface area contributed by atoms with Gasteiger partial charge in [-0.3, -0.25) is 0 Å². The highest BCUT2D eigenvalue weighted by Gasteiger charge is 2.36. The third-order valence-corrected chi connectivity index (χ3v) is 9.35. The first-order valence-electron chi connectivity index (χ1n) is 13.6. The fourth-order valence-electron chi connectivity index (χ4n) is 6.91. The summed E-state index contributed by atoms with van der Waals surface area (Å²) in [5.41, 5.74) is 1.13. The third-order valence-electron chi connectivity index (χ3n) is 9.35. The van der Waals surface area contributed by atoms with Crippen molar-refractivity contribution in [3.05, 3.63) is 59.5 Å². The summed E-state index contributed by atoms with van der Waals surface area (Å²) in [6.07, 6.45) is 15.6. The van der Waals surface area contributed by atoms with E-state index in [4.69, 9.17) is 4.74 Å². The summed E-state index contributed by atoms with van der Waals surface area (Å²) < 4.78 is 50.0. The van der Waals surface area contributed by atoms with Gasteiger partial charge in [-0.25, -0.2) is 13.2 Å². The monoisotopic (exact) mass is 472 g/mol. The number of ether oxygens (including phenoxy) is 1. The number of halogens is 3. The number of hydrogen-bond acceptors (Lipinski definition) is 1. The van der Waals surface area contributed by atoms with Crippen LogP contribution in [0.5, 0.6) is 0 Å². The summed E-state index contributed by atoms with van der Waals surface area (Å²) in [6, 6.07) is 3.72. The lowest BCUT2D eigenvalue weighted by atomic mass is 9.74. The fourth-order valence-corrected chi connectivity index (χ4v) is 6.91. The summed E-state index contributed by atoms with van der Waals surface area (Å²) >= 11 is 0. The number of benzene rings is 1. The smallest absolute Gasteiger partial charge is 0.162 e. The zero-order chi connectivity index (χ0) is 23.7. The molecule has 1 nitrogen and oxygen atoms in total. The van der Waals surface area contributed by atoms with Crippen LogP contribution in [0.4, 0.5) is 13.2 Å². The second-order valence-corrected chi connectivity index (χ2v) is 11.4. The maximum atomic E-state index is 15.1. The second kappa shape index (κ2) is 10.6. The van der Waals surface area contributed by atoms with E-state index in [0.29, 0.717) is 23.0 Å². The van der Waals surface area contributed by atoms with Crippen LogP contribution in [0.15, 0.2) is 36.7 Å². The van der Waals surface area contributed by atoms with Crippen molar-refractivity contribution in [2.45, 2.75) is 95.0 Å². The van der Waals surface area contributed by atoms with Crippen molar-refractivity contribution in [3.63, 3.8) is 0 Å². The Kier molecular flexibility index (Phi) is 7.53. The number of hydrogen-bond donors (Lipinski definition) is 0. The van der Waals surface area contributed by atoms with Crippen LogP contribution in [-0.2, 0) is 4.74 Å². The summed E-state index contributed by atoms with van der Waals surface area (Å²) in [6.45, 7) is 4.66. The third kappa shape index (κ3) is 5.32. The van der Waals surface area contributed by atoms with Gasteiger partial charge in [0.25, 0.3) is 0 Å². The van der Waals surface area contributed by atoms with Gasteiger partial charge >= 0.3 is 0 Å². The molecule has 2 saturated carbocycles. The first-order valence-corrected chi connectivity index (χ1v) is 13.6. The van der Waals surface area contributed by atoms with Crippen molar-refractivity contribution >= 4 is 0 Å². The molecule has 1 aliphatic heterocycles. The molecule has 0 radical (unpaired) electrons. The normalized spacial score (nSPS) is 36.1. The van der Waals surface area contributed by atoms with Gasteiger partial charge in [0.05, 0.1) is 18.5 Å². The van der Waals surface area contributed by atoms with Gasteiger partial charge in [-0.05, 0) is 118 Å². The molecule has 5 rings (SSSR count). The van der Waals surface area contributed by atoms with Crippen LogP contribution in [0.3, 0.4) is 0 Å². The van der Waals surface area contributed by atoms with Gasteiger partial charge in [0, 0.05) is 11.8 Å². The average molecular weight is 473 g/mol. The number of epoxide rings is 1. The zero-order valence-corrected chi connectivity index (χ0v) is 20.3. The molecular weight excluding hydrogens is 433 g/mol. The maximum Gasteiger partial charge on any atom is 0.162 e. The van der Waals surface area contributed by atoms with Crippen molar-refractivity contribution < 1.29 is 17.9 Å². The van der Waals surface area contributed by atoms with Crippen molar-refractivity contribution in [1.82, 2.24) is 0 Å². The van der Waals surface area contributed by atoms with E-state index in [9.17, 15) is 4.39 Å². The van der Waals surface area contributed by atoms with Crippen LogP contribution in [0.1, 0.15) is 100 Å². The van der Waals surface area contributed by atoms with E-state index in [1.165, 1.54) is 0 Å². The van der Waals surface area contributed by atoms with Crippen LogP contribution in [-0.4, -0.2) is 12.7 Å². The van der Waals surface area contributed by atoms with E-state index in [2.05, 4.69) is 6.58 Å². The Morgan fingerprint density at radius 3 is 1.91 bits per heavy atom. The van der Waals surface area contributed by atoms with Gasteiger partial charge in [-0.15, -0.1) is 6.58 Å². The van der Waals surface area contributed by atoms with Crippen molar-refractivity contribution in [3.8, 4) is 0 Å². The predicted octanol–water partition coefficient (Wildman–Crippen LogP) is 8.76. The Morgan fingerprint density at radius 2 is 1.38 bits per heavy atom. The van der Waals surface area contributed by atoms with Gasteiger partial charge in [0.15, 0.2) is 11.6 Å². The minimum atomic E-state index is -0.615. The van der Waals surface area contributed by atoms with Crippen molar-refractivity contribution in [1.29, 1.82) is 0 Å². The minimum Gasteiger partial charge on any atom is -0.372 e. The zero-order valence-electron chi connectivity index (χ0n) is 20.3. The molecule has 0 N–H and O–H groups in total. The van der Waals surface area contributed by atoms with Gasteiger partial charge in [0.1, 0.15) is 0 Å². The van der Waals surface area contributed by atoms with Gasteiger partial charge in [-0.1, -0.05) is 18.2 Å². The molecule has 4 aliphatic rings. The lowest BCUT2D eigenvalue weighted by Gasteiger charge is -2.31. The topological polar surface area (TPSA) is 12.5 Å². The van der Waals surface area contributed by atoms with Gasteiger partial charge in [0.2, 0.25) is 0 Å². The van der Waals surface area contributed by atoms with Gasteiger partial charge in [-0.2, -0.15) is 0 Å². The minimum absolute atomic E-state index is 0.0633. The van der Waals surface area contributed by atoms with E-state index in [0.717, 1.165) is 83.7 Å². The molecule has 3 atom stereocenters. The molecule has 0 bridgehead atoms. The Balaban J connectivity index is 1.12. The lowest BCUT2D eigenvalue weighted by Crippen LogP contribution is -2.19. The quantitative estimate of drug-likeness (QED) is 0.285. The molecule has 186 valence electrons. The molecule has 0 spiro atoms. The van der Waals surface area contributed by atoms with Crippen LogP contribution < -0.4 is 0 Å². The Morgan fingerprint density at radius 1 is 0.794 bits per heavy atom. The molecule has 1 heterocycles. The molecule has 3 unspecified atom stereocenters. The molecule has 0 aromatic heterocycles. The lowest BCUT2D eigenvalue weighted by molar-refractivity contribution is 0.257. The maximum absolute atomic E-state index is 15.1. The number of rotatable bonds is 7. The summed E-state index contributed by atoms with van der Waals surface area (Å²) in [7, 11) is 0. The second-order valence-electron chi connectivity index (χ2n) is 11.4. The molecule has 3 fully saturated rings. The Bertz CT molecular complexity index is 889. The van der Waals surface area contributed by atoms with Gasteiger partial charge < -0.3 is 4.74 Å². The highest BCUT2D eigenvalue weighted by molar-refractivity contribution is 5.32. The molecule has 3 aliphatic carbocycles. The van der Waals surface area contributed by atoms with Crippen molar-refractivity contribution in [2.75, 3.05) is 6.61 Å². The van der Waals surface area contributed by atoms with E-state index in [1.54, 1.807) is 0 Å². The first-order chi connectivity index (χ1) is 16.5. The van der Waals surface area contributed by atoms with E-state index in [-0.39, 0.29) is 35.6 Å². The van der Waals surface area contributed by atoms with E-state index < -0.39 is 11.6 Å². The largest absolute Gasteiger partial charge is 0.372 e. The Hall–Kier alpha value is -1.55. The first kappa shape index (κ1) is 24.2. The van der Waals surface area contributed by atoms with Crippen molar-refractivity contribution in [2.24, 2.45) is 23.7 Å². The van der Waals surface area contributed by atoms with E-state index >= 15 is 8.78 Å². The highest BCUT2D eigenvalue weighted by Crippen LogP contribution is 2.43. The van der Waals surface area contributed by atoms with Crippen LogP contribution in [0.25, 0.3) is 0 Å². The number of allylic oxidation sites excluding steroid dienone is 2. The molecule has 0 amide bonds. The predicted molar refractivity (Wildman–Crippen MR) is 130 cm³/mol. The molecule has 1 saturated heterocycles. The summed E-state index contributed by atoms with van der Waals surface area (Å²) in [5.74, 6) is 0.476. The molecule has 1 aromatic carbocycles. The standard InChI is InChI=1S/C30H39F3O/c1-2-19-3-8-21(9-4-19)25-15-16-26(30(33)29(25)32)22-10-5-20(6-11-22)7-12-23-13-14-24(17-27(23)31)28-18-34-28/h2,15-17,19-24,28H,1,3-14,18H2. The van der Waals surface area contributed by atoms with Crippen LogP contribution >= 0.6 is 0 Å². The SMILES string of the molecule is C=CC1CCC(c2ccc(C3CCC(CCC4CCC(C5CO5)C=C4F)CC3)c(F)c2F)CC1. The summed E-state index contributed by atoms with van der Waals surface area (Å²) in [5, 5.41) is 0. The highest BCUT2D eigenvalue weighted by atomic mass is 19.2. The molecule has 34 heavy (non-hydrogen) atoms. The van der Waals surface area contributed by atoms with Crippen LogP contribution in [0.2, 0.25) is 0 Å². The van der Waals surface area contributed by atoms with E-state index in [1.807, 2.05) is 24.3 Å². The molecular formula is C30H39F3O. The summed E-state index contributed by atoms with van der Waals surface area (Å²) in [4.78, 5) is 0. The molecule has 1 aromatic rings. The average Bonchev–Trinajstić information content (AvgIpc) is 3.71.